The zero-order chi connectivity index (χ0) is 13.8. The summed E-state index contributed by atoms with van der Waals surface area (Å²) in [5.41, 5.74) is -0.686. The molecule has 0 aliphatic heterocycles. The van der Waals surface area contributed by atoms with Gasteiger partial charge in [0.15, 0.2) is 0 Å². The number of benzene rings is 1. The van der Waals surface area contributed by atoms with Gasteiger partial charge in [-0.1, -0.05) is 0 Å². The van der Waals surface area contributed by atoms with Crippen LogP contribution in [-0.4, -0.2) is 26.8 Å². The number of carbonyl (C=O) groups excluding carboxylic acids is 1. The van der Waals surface area contributed by atoms with Crippen LogP contribution in [0.25, 0.3) is 0 Å². The number of carbonyl (C=O) groups is 1. The molecule has 0 spiro atoms. The first kappa shape index (κ1) is 14.8. The lowest BCUT2D eigenvalue weighted by Crippen LogP contribution is -2.32. The summed E-state index contributed by atoms with van der Waals surface area (Å²) >= 11 is 3.39. The predicted octanol–water partition coefficient (Wildman–Crippen LogP) is 3.04. The van der Waals surface area contributed by atoms with Crippen LogP contribution in [0.1, 0.15) is 13.8 Å². The fourth-order valence-corrected chi connectivity index (χ4v) is 1.79. The molecule has 1 aromatic carbocycles. The number of methoxy groups -OCH3 is 2. The van der Waals surface area contributed by atoms with E-state index < -0.39 is 5.41 Å². The number of hydrogen-bond acceptors (Lipinski definition) is 4. The summed E-state index contributed by atoms with van der Waals surface area (Å²) in [6, 6.07) is 5.39. The van der Waals surface area contributed by atoms with Gasteiger partial charge >= 0.3 is 5.97 Å². The van der Waals surface area contributed by atoms with E-state index in [1.54, 1.807) is 39.2 Å². The fraction of sp³-hybridized carbons (Fsp3) is 0.462. The number of rotatable bonds is 5. The van der Waals surface area contributed by atoms with Crippen molar-refractivity contribution in [1.29, 1.82) is 0 Å². The van der Waals surface area contributed by atoms with Gasteiger partial charge < -0.3 is 14.2 Å². The number of ether oxygens (including phenoxy) is 3. The van der Waals surface area contributed by atoms with Crippen LogP contribution < -0.4 is 9.47 Å². The molecule has 0 unspecified atom stereocenters. The third-order valence-electron chi connectivity index (χ3n) is 2.47. The topological polar surface area (TPSA) is 44.8 Å². The molecule has 4 nitrogen and oxygen atoms in total. The van der Waals surface area contributed by atoms with Gasteiger partial charge in [0.25, 0.3) is 0 Å². The molecule has 0 aliphatic carbocycles. The summed E-state index contributed by atoms with van der Waals surface area (Å²) in [7, 11) is 2.97. The average molecular weight is 317 g/mol. The zero-order valence-electron chi connectivity index (χ0n) is 11.0. The lowest BCUT2D eigenvalue weighted by atomic mass is 9.95. The smallest absolute Gasteiger partial charge is 0.314 e. The maximum Gasteiger partial charge on any atom is 0.314 e. The second-order valence-electron chi connectivity index (χ2n) is 4.46. The van der Waals surface area contributed by atoms with Crippen molar-refractivity contribution in [2.45, 2.75) is 13.8 Å². The van der Waals surface area contributed by atoms with Gasteiger partial charge in [-0.25, -0.2) is 0 Å². The van der Waals surface area contributed by atoms with Gasteiger partial charge in [-0.05, 0) is 48.0 Å². The van der Waals surface area contributed by atoms with Crippen molar-refractivity contribution in [2.75, 3.05) is 20.8 Å². The zero-order valence-corrected chi connectivity index (χ0v) is 12.5. The van der Waals surface area contributed by atoms with E-state index in [0.717, 1.165) is 10.2 Å². The van der Waals surface area contributed by atoms with Crippen molar-refractivity contribution in [3.8, 4) is 11.5 Å². The van der Waals surface area contributed by atoms with Crippen molar-refractivity contribution in [3.63, 3.8) is 0 Å². The second-order valence-corrected chi connectivity index (χ2v) is 5.31. The Morgan fingerprint density at radius 2 is 2.00 bits per heavy atom. The first-order valence-corrected chi connectivity index (χ1v) is 6.25. The van der Waals surface area contributed by atoms with Crippen LogP contribution in [0.4, 0.5) is 0 Å². The van der Waals surface area contributed by atoms with Gasteiger partial charge in [0.05, 0.1) is 24.1 Å². The van der Waals surface area contributed by atoms with Crippen LogP contribution in [0, 0.1) is 5.41 Å². The number of halogens is 1. The van der Waals surface area contributed by atoms with Crippen molar-refractivity contribution in [2.24, 2.45) is 5.41 Å². The molecule has 0 fully saturated rings. The van der Waals surface area contributed by atoms with E-state index in [9.17, 15) is 4.79 Å². The Morgan fingerprint density at radius 3 is 2.50 bits per heavy atom. The lowest BCUT2D eigenvalue weighted by Gasteiger charge is -2.22. The molecule has 0 N–H and O–H groups in total. The minimum absolute atomic E-state index is 0.241. The molecule has 0 aliphatic rings. The highest BCUT2D eigenvalue weighted by Gasteiger charge is 2.29. The molecular weight excluding hydrogens is 300 g/mol. The second kappa shape index (κ2) is 6.09. The van der Waals surface area contributed by atoms with Crippen LogP contribution >= 0.6 is 15.9 Å². The van der Waals surface area contributed by atoms with Crippen molar-refractivity contribution in [3.05, 3.63) is 22.7 Å². The molecule has 0 amide bonds. The molecule has 0 atom stereocenters. The van der Waals surface area contributed by atoms with Gasteiger partial charge in [0.2, 0.25) is 0 Å². The summed E-state index contributed by atoms with van der Waals surface area (Å²) in [4.78, 5) is 11.5. The first-order valence-electron chi connectivity index (χ1n) is 5.45. The quantitative estimate of drug-likeness (QED) is 0.783. The molecule has 0 aromatic heterocycles. The summed E-state index contributed by atoms with van der Waals surface area (Å²) in [6.45, 7) is 3.79. The van der Waals surface area contributed by atoms with Crippen molar-refractivity contribution in [1.82, 2.24) is 0 Å². The van der Waals surface area contributed by atoms with E-state index in [0.29, 0.717) is 5.75 Å². The maximum atomic E-state index is 11.5. The molecule has 18 heavy (non-hydrogen) atoms. The Bertz CT molecular complexity index is 429. The SMILES string of the molecule is COC(=O)C(C)(C)COc1ccc(OC)cc1Br. The number of esters is 1. The number of hydrogen-bond donors (Lipinski definition) is 0. The molecular formula is C13H17BrO4. The van der Waals surface area contributed by atoms with Crippen molar-refractivity contribution < 1.29 is 19.0 Å². The van der Waals surface area contributed by atoms with Gasteiger partial charge in [0, 0.05) is 0 Å². The van der Waals surface area contributed by atoms with E-state index >= 15 is 0 Å². The summed E-state index contributed by atoms with van der Waals surface area (Å²) in [5, 5.41) is 0. The molecule has 0 saturated carbocycles. The highest BCUT2D eigenvalue weighted by Crippen LogP contribution is 2.30. The van der Waals surface area contributed by atoms with E-state index in [4.69, 9.17) is 14.2 Å². The van der Waals surface area contributed by atoms with Crippen LogP contribution in [0.15, 0.2) is 22.7 Å². The monoisotopic (exact) mass is 316 g/mol. The predicted molar refractivity (Wildman–Crippen MR) is 72.0 cm³/mol. The van der Waals surface area contributed by atoms with E-state index in [1.807, 2.05) is 0 Å². The van der Waals surface area contributed by atoms with Gasteiger partial charge in [-0.3, -0.25) is 4.79 Å². The van der Waals surface area contributed by atoms with Crippen molar-refractivity contribution >= 4 is 21.9 Å². The first-order chi connectivity index (χ1) is 8.40. The van der Waals surface area contributed by atoms with Gasteiger partial charge in [-0.2, -0.15) is 0 Å². The van der Waals surface area contributed by atoms with E-state index in [2.05, 4.69) is 15.9 Å². The third-order valence-corrected chi connectivity index (χ3v) is 3.09. The Morgan fingerprint density at radius 1 is 1.33 bits per heavy atom. The fourth-order valence-electron chi connectivity index (χ4n) is 1.32. The van der Waals surface area contributed by atoms with Crippen LogP contribution in [0.3, 0.4) is 0 Å². The van der Waals surface area contributed by atoms with E-state index in [1.165, 1.54) is 7.11 Å². The van der Waals surface area contributed by atoms with Crippen LogP contribution in [0.5, 0.6) is 11.5 Å². The molecule has 0 saturated heterocycles. The van der Waals surface area contributed by atoms with Gasteiger partial charge in [-0.15, -0.1) is 0 Å². The molecule has 100 valence electrons. The summed E-state index contributed by atoms with van der Waals surface area (Å²) in [5.74, 6) is 1.10. The Hall–Kier alpha value is -1.23. The molecule has 0 heterocycles. The largest absolute Gasteiger partial charge is 0.497 e. The Kier molecular flexibility index (Phi) is 5.02. The maximum absolute atomic E-state index is 11.5. The summed E-state index contributed by atoms with van der Waals surface area (Å²) in [6.07, 6.45) is 0. The molecule has 0 bridgehead atoms. The lowest BCUT2D eigenvalue weighted by molar-refractivity contribution is -0.152. The highest BCUT2D eigenvalue weighted by molar-refractivity contribution is 9.10. The normalized spacial score (nSPS) is 10.9. The molecule has 1 aromatic rings. The Labute approximate surface area is 115 Å². The van der Waals surface area contributed by atoms with E-state index in [-0.39, 0.29) is 12.6 Å². The minimum atomic E-state index is -0.686. The standard InChI is InChI=1S/C13H17BrO4/c1-13(2,12(15)17-4)8-18-11-6-5-9(16-3)7-10(11)14/h5-7H,8H2,1-4H3. The molecule has 0 radical (unpaired) electrons. The molecule has 5 heteroatoms. The van der Waals surface area contributed by atoms with Gasteiger partial charge in [0.1, 0.15) is 18.1 Å². The average Bonchev–Trinajstić information content (AvgIpc) is 2.36. The van der Waals surface area contributed by atoms with Crippen LogP contribution in [-0.2, 0) is 9.53 Å². The Balaban J connectivity index is 2.72. The highest BCUT2D eigenvalue weighted by atomic mass is 79.9. The molecule has 1 rings (SSSR count). The minimum Gasteiger partial charge on any atom is -0.497 e. The third kappa shape index (κ3) is 3.63. The van der Waals surface area contributed by atoms with Crippen LogP contribution in [0.2, 0.25) is 0 Å². The summed E-state index contributed by atoms with van der Waals surface area (Å²) < 4.78 is 16.2.